The van der Waals surface area contributed by atoms with E-state index in [0.29, 0.717) is 0 Å². The second kappa shape index (κ2) is 5.04. The monoisotopic (exact) mass is 294 g/mol. The van der Waals surface area contributed by atoms with Gasteiger partial charge < -0.3 is 9.59 Å². The van der Waals surface area contributed by atoms with Crippen LogP contribution in [0, 0.1) is 6.42 Å². The molecule has 0 aromatic heterocycles. The van der Waals surface area contributed by atoms with Gasteiger partial charge in [-0.05, 0) is 13.8 Å². The molecule has 0 bridgehead atoms. The van der Waals surface area contributed by atoms with Gasteiger partial charge in [-0.2, -0.15) is 0 Å². The Kier molecular flexibility index (Phi) is 6.81. The van der Waals surface area contributed by atoms with Gasteiger partial charge in [0.25, 0.3) is 0 Å². The van der Waals surface area contributed by atoms with E-state index in [1.807, 2.05) is 0 Å². The van der Waals surface area contributed by atoms with E-state index in [0.717, 1.165) is 6.42 Å². The third-order valence-corrected chi connectivity index (χ3v) is 0.407. The van der Waals surface area contributed by atoms with Gasteiger partial charge in [0.1, 0.15) is 0 Å². The number of hydrogen-bond acceptors (Lipinski definition) is 2. The Morgan fingerprint density at radius 3 is 1.38 bits per heavy atom. The molecule has 0 unspecified atom stereocenters. The largest absolute Gasteiger partial charge is 0.334 e. The molecule has 0 amide bonds. The van der Waals surface area contributed by atoms with Gasteiger partial charge >= 0.3 is 0 Å². The maximum absolute atomic E-state index is 9.98. The van der Waals surface area contributed by atoms with E-state index in [4.69, 9.17) is 0 Å². The van der Waals surface area contributed by atoms with Gasteiger partial charge in [-0.1, -0.05) is 0 Å². The quantitative estimate of drug-likeness (QED) is 0.544. The zero-order valence-electron chi connectivity index (χ0n) is 4.71. The number of Topliss-reactive ketones (excluding diaryl/α,β-unsaturated/α-hetero) is 2. The van der Waals surface area contributed by atoms with Crippen LogP contribution in [0.5, 0.6) is 0 Å². The maximum atomic E-state index is 9.98. The zero-order chi connectivity index (χ0) is 5.86. The van der Waals surface area contributed by atoms with Crippen LogP contribution in [-0.4, -0.2) is 11.6 Å². The molecule has 0 spiro atoms. The molecular formula is C5H7O2Pt-. The van der Waals surface area contributed by atoms with Crippen molar-refractivity contribution in [1.29, 1.82) is 0 Å². The van der Waals surface area contributed by atoms with Crippen molar-refractivity contribution in [3.8, 4) is 0 Å². The van der Waals surface area contributed by atoms with E-state index in [-0.39, 0.29) is 32.6 Å². The van der Waals surface area contributed by atoms with Crippen molar-refractivity contribution >= 4 is 11.6 Å². The van der Waals surface area contributed by atoms with Crippen LogP contribution in [0.2, 0.25) is 0 Å². The Hall–Kier alpha value is -0.102. The molecule has 0 heterocycles. The standard InChI is InChI=1S/C5H7O2.Pt/c1-4(6)3-5(2)7;/h3H,1-2H3;/q-1;. The number of hydrogen-bond donors (Lipinski definition) is 0. The third-order valence-electron chi connectivity index (χ3n) is 0.407. The van der Waals surface area contributed by atoms with Crippen LogP contribution < -0.4 is 0 Å². The smallest absolute Gasteiger partial charge is 0.00219 e. The maximum Gasteiger partial charge on any atom is 0.00219 e. The first-order valence-corrected chi connectivity index (χ1v) is 1.99. The van der Waals surface area contributed by atoms with Gasteiger partial charge in [0.2, 0.25) is 0 Å². The van der Waals surface area contributed by atoms with Crippen molar-refractivity contribution in [3.63, 3.8) is 0 Å². The number of rotatable bonds is 2. The summed E-state index contributed by atoms with van der Waals surface area (Å²) in [6.45, 7) is 2.70. The molecule has 0 saturated carbocycles. The molecule has 8 heavy (non-hydrogen) atoms. The molecule has 0 atom stereocenters. The van der Waals surface area contributed by atoms with E-state index in [1.165, 1.54) is 13.8 Å². The molecule has 0 fully saturated rings. The number of ketones is 2. The predicted molar refractivity (Wildman–Crippen MR) is 25.7 cm³/mol. The summed E-state index contributed by atoms with van der Waals surface area (Å²) < 4.78 is 0. The van der Waals surface area contributed by atoms with Gasteiger partial charge in [-0.15, -0.1) is 0 Å². The molecule has 0 aliphatic carbocycles. The second-order valence-electron chi connectivity index (χ2n) is 1.37. The minimum atomic E-state index is -0.187. The summed E-state index contributed by atoms with van der Waals surface area (Å²) in [6.07, 6.45) is 1.06. The minimum absolute atomic E-state index is 0. The van der Waals surface area contributed by atoms with E-state index < -0.39 is 0 Å². The molecule has 0 aliphatic rings. The van der Waals surface area contributed by atoms with E-state index in [2.05, 4.69) is 0 Å². The molecule has 50 valence electrons. The minimum Gasteiger partial charge on any atom is -0.334 e. The molecule has 0 aromatic rings. The molecule has 0 aliphatic heterocycles. The Balaban J connectivity index is 0. The molecule has 0 N–H and O–H groups in total. The number of carbonyl (C=O) groups is 2. The van der Waals surface area contributed by atoms with Gasteiger partial charge in [0, 0.05) is 32.6 Å². The van der Waals surface area contributed by atoms with Crippen molar-refractivity contribution in [2.24, 2.45) is 0 Å². The van der Waals surface area contributed by atoms with Crippen molar-refractivity contribution in [2.75, 3.05) is 0 Å². The van der Waals surface area contributed by atoms with Gasteiger partial charge in [-0.25, -0.2) is 0 Å². The molecule has 2 nitrogen and oxygen atoms in total. The Morgan fingerprint density at radius 2 is 1.38 bits per heavy atom. The average Bonchev–Trinajstić information content (AvgIpc) is 1.27. The van der Waals surface area contributed by atoms with Crippen LogP contribution in [-0.2, 0) is 30.7 Å². The fourth-order valence-electron chi connectivity index (χ4n) is 0.286. The number of carbonyl (C=O) groups excluding carboxylic acids is 2. The van der Waals surface area contributed by atoms with Crippen molar-refractivity contribution in [2.45, 2.75) is 13.8 Å². The first-order chi connectivity index (χ1) is 3.13. The summed E-state index contributed by atoms with van der Waals surface area (Å²) in [5.74, 6) is -0.375. The molecule has 3 heteroatoms. The Bertz CT molecular complexity index is 86.6. The second-order valence-corrected chi connectivity index (χ2v) is 1.37. The fraction of sp³-hybridized carbons (Fsp3) is 0.400. The summed E-state index contributed by atoms with van der Waals surface area (Å²) in [4.78, 5) is 20.0. The summed E-state index contributed by atoms with van der Waals surface area (Å²) >= 11 is 0. The van der Waals surface area contributed by atoms with Crippen molar-refractivity contribution in [3.05, 3.63) is 6.42 Å². The van der Waals surface area contributed by atoms with Gasteiger partial charge in [0.15, 0.2) is 0 Å². The fourth-order valence-corrected chi connectivity index (χ4v) is 0.286. The van der Waals surface area contributed by atoms with Crippen LogP contribution >= 0.6 is 0 Å². The van der Waals surface area contributed by atoms with Crippen molar-refractivity contribution < 1.29 is 30.7 Å². The van der Waals surface area contributed by atoms with Crippen LogP contribution in [0.15, 0.2) is 0 Å². The van der Waals surface area contributed by atoms with E-state index >= 15 is 0 Å². The average molecular weight is 294 g/mol. The van der Waals surface area contributed by atoms with E-state index in [1.54, 1.807) is 0 Å². The van der Waals surface area contributed by atoms with E-state index in [9.17, 15) is 9.59 Å². The first-order valence-electron chi connectivity index (χ1n) is 1.99. The Labute approximate surface area is 62.9 Å². The van der Waals surface area contributed by atoms with Gasteiger partial charge in [-0.3, -0.25) is 6.42 Å². The SMILES string of the molecule is CC(=O)[CH-]C(C)=O.[Pt]. The molecule has 0 radical (unpaired) electrons. The summed E-state index contributed by atoms with van der Waals surface area (Å²) in [7, 11) is 0. The third kappa shape index (κ3) is 9.31. The zero-order valence-corrected chi connectivity index (χ0v) is 6.98. The molecule has 0 rings (SSSR count). The topological polar surface area (TPSA) is 34.1 Å². The summed E-state index contributed by atoms with van der Waals surface area (Å²) in [6, 6.07) is 0. The van der Waals surface area contributed by atoms with Crippen LogP contribution in [0.1, 0.15) is 13.8 Å². The normalized spacial score (nSPS) is 6.75. The van der Waals surface area contributed by atoms with Crippen LogP contribution in [0.3, 0.4) is 0 Å². The van der Waals surface area contributed by atoms with Crippen LogP contribution in [0.4, 0.5) is 0 Å². The molecular weight excluding hydrogens is 287 g/mol. The first kappa shape index (κ1) is 10.8. The molecule has 0 aromatic carbocycles. The summed E-state index contributed by atoms with van der Waals surface area (Å²) in [5.41, 5.74) is 0. The van der Waals surface area contributed by atoms with Crippen molar-refractivity contribution in [1.82, 2.24) is 0 Å². The summed E-state index contributed by atoms with van der Waals surface area (Å²) in [5, 5.41) is 0. The van der Waals surface area contributed by atoms with Crippen LogP contribution in [0.25, 0.3) is 0 Å². The Morgan fingerprint density at radius 1 is 1.12 bits per heavy atom. The predicted octanol–water partition coefficient (Wildman–Crippen LogP) is 0.366. The molecule has 0 saturated heterocycles. The van der Waals surface area contributed by atoms with Gasteiger partial charge in [0.05, 0.1) is 0 Å².